The van der Waals surface area contributed by atoms with Crippen LogP contribution in [0, 0.1) is 15.9 Å². The van der Waals surface area contributed by atoms with E-state index < -0.39 is 41.7 Å². The monoisotopic (exact) mass is 421 g/mol. The van der Waals surface area contributed by atoms with Crippen LogP contribution in [-0.4, -0.2) is 73.8 Å². The number of methoxy groups -OCH3 is 1. The van der Waals surface area contributed by atoms with E-state index in [4.69, 9.17) is 19.6 Å². The molecule has 3 rings (SSSR count). The number of nitrogens with zero attached hydrogens (tertiary/aromatic N) is 4. The van der Waals surface area contributed by atoms with Crippen molar-refractivity contribution in [2.45, 2.75) is 77.8 Å². The predicted octanol–water partition coefficient (Wildman–Crippen LogP) is 0.257. The van der Waals surface area contributed by atoms with Crippen LogP contribution in [0.15, 0.2) is 9.98 Å². The number of hydrogen-bond acceptors (Lipinski definition) is 7. The first-order chi connectivity index (χ1) is 13.3. The van der Waals surface area contributed by atoms with Crippen LogP contribution in [-0.2, 0) is 14.2 Å². The summed E-state index contributed by atoms with van der Waals surface area (Å²) in [6, 6.07) is 0. The number of aliphatic hydroxyl groups is 1. The molecule has 3 heterocycles. The molecule has 2 aliphatic rings. The SMILES string of the molecule is CO[C@@H]1[C@H](OC(C)(C)C)[C@@H](C(O)C(C)(C)C)O[C@H]1n1c(=[SiH2])nc2c1=NC=NC2=N. The highest BCUT2D eigenvalue weighted by Crippen LogP contribution is 2.40. The highest BCUT2D eigenvalue weighted by atomic mass is 28.1. The molecular weight excluding hydrogens is 390 g/mol. The molecule has 9 nitrogen and oxygen atoms in total. The molecule has 10 heteroatoms. The Kier molecular flexibility index (Phi) is 5.78. The van der Waals surface area contributed by atoms with Crippen molar-refractivity contribution in [3.63, 3.8) is 0 Å². The van der Waals surface area contributed by atoms with E-state index in [9.17, 15) is 5.11 Å². The lowest BCUT2D eigenvalue weighted by molar-refractivity contribution is -0.155. The van der Waals surface area contributed by atoms with Gasteiger partial charge in [-0.25, -0.2) is 15.0 Å². The van der Waals surface area contributed by atoms with Crippen molar-refractivity contribution in [2.75, 3.05) is 7.11 Å². The normalized spacial score (nSPS) is 28.3. The standard InChI is InChI=1S/C19H31N5O4Si/c1-18(2,3)13(25)11-10(28-19(4,5)6)12(26-7)16(27-11)24-15-9(23-17(24)29)14(20)21-8-22-15/h8,10-13,16,20,25H,29H2,1-7H3/t10-,11+,12-,13?,16-/m1/s1. The van der Waals surface area contributed by atoms with E-state index in [-0.39, 0.29) is 5.84 Å². The maximum absolute atomic E-state index is 11.1. The molecule has 1 aromatic heterocycles. The van der Waals surface area contributed by atoms with E-state index in [1.165, 1.54) is 6.34 Å². The minimum atomic E-state index is -0.781. The topological polar surface area (TPSA) is 114 Å². The number of nitrogens with one attached hydrogen (secondary N) is 1. The van der Waals surface area contributed by atoms with Gasteiger partial charge in [-0.05, 0) is 26.2 Å². The van der Waals surface area contributed by atoms with Crippen LogP contribution >= 0.6 is 0 Å². The van der Waals surface area contributed by atoms with Crippen molar-refractivity contribution >= 4 is 22.0 Å². The van der Waals surface area contributed by atoms with Crippen LogP contribution < -0.4 is 5.49 Å². The fraction of sp³-hybridized carbons (Fsp3) is 0.737. The number of aliphatic hydroxyl groups excluding tert-OH is 1. The molecular formula is C19H31N5O4Si. The van der Waals surface area contributed by atoms with E-state index in [1.54, 1.807) is 17.0 Å². The summed E-state index contributed by atoms with van der Waals surface area (Å²) in [6.45, 7) is 11.8. The zero-order chi connectivity index (χ0) is 21.7. The quantitative estimate of drug-likeness (QED) is 0.677. The lowest BCUT2D eigenvalue weighted by Crippen LogP contribution is -2.49. The van der Waals surface area contributed by atoms with Crippen molar-refractivity contribution < 1.29 is 19.3 Å². The van der Waals surface area contributed by atoms with E-state index in [1.807, 2.05) is 46.1 Å². The van der Waals surface area contributed by atoms with Gasteiger partial charge >= 0.3 is 0 Å². The summed E-state index contributed by atoms with van der Waals surface area (Å²) in [5.74, 6) is 0.0578. The molecule has 29 heavy (non-hydrogen) atoms. The number of rotatable bonds is 4. The summed E-state index contributed by atoms with van der Waals surface area (Å²) in [5, 5.41) is 19.7. The Morgan fingerprint density at radius 2 is 1.90 bits per heavy atom. The molecule has 2 N–H and O–H groups in total. The molecule has 2 aliphatic heterocycles. The fourth-order valence-electron chi connectivity index (χ4n) is 3.63. The number of aliphatic imine (C=N–C) groups is 1. The third-order valence-corrected chi connectivity index (χ3v) is 5.49. The largest absolute Gasteiger partial charge is 0.390 e. The Labute approximate surface area is 173 Å². The minimum Gasteiger partial charge on any atom is -0.390 e. The molecule has 0 saturated carbocycles. The molecule has 5 atom stereocenters. The van der Waals surface area contributed by atoms with Crippen molar-refractivity contribution in [1.82, 2.24) is 9.55 Å². The summed E-state index contributed by atoms with van der Waals surface area (Å²) >= 11 is 0. The van der Waals surface area contributed by atoms with Gasteiger partial charge in [0.05, 0.1) is 16.8 Å². The first-order valence-electron chi connectivity index (χ1n) is 9.66. The van der Waals surface area contributed by atoms with Crippen LogP contribution in [0.4, 0.5) is 0 Å². The Morgan fingerprint density at radius 1 is 1.24 bits per heavy atom. The lowest BCUT2D eigenvalue weighted by Gasteiger charge is -2.36. The average molecular weight is 422 g/mol. The number of ether oxygens (including phenoxy) is 3. The first kappa shape index (κ1) is 22.1. The average Bonchev–Trinajstić information content (AvgIpc) is 3.09. The van der Waals surface area contributed by atoms with Crippen LogP contribution in [0.5, 0.6) is 0 Å². The van der Waals surface area contributed by atoms with Crippen LogP contribution in [0.3, 0.4) is 0 Å². The number of amidine groups is 1. The number of hydrogen-bond donors (Lipinski definition) is 2. The van der Waals surface area contributed by atoms with E-state index in [2.05, 4.69) is 15.0 Å². The molecule has 160 valence electrons. The van der Waals surface area contributed by atoms with Gasteiger partial charge in [-0.1, -0.05) is 20.8 Å². The minimum absolute atomic E-state index is 0.0578. The van der Waals surface area contributed by atoms with Gasteiger partial charge in [-0.15, -0.1) is 0 Å². The van der Waals surface area contributed by atoms with Crippen LogP contribution in [0.2, 0.25) is 0 Å². The second kappa shape index (κ2) is 7.58. The highest BCUT2D eigenvalue weighted by molar-refractivity contribution is 6.02. The third-order valence-electron chi connectivity index (χ3n) is 4.99. The molecule has 0 radical (unpaired) electrons. The van der Waals surface area contributed by atoms with E-state index in [0.717, 1.165) is 0 Å². The van der Waals surface area contributed by atoms with Crippen molar-refractivity contribution in [1.29, 1.82) is 5.41 Å². The Balaban J connectivity index is 2.11. The Morgan fingerprint density at radius 3 is 2.45 bits per heavy atom. The molecule has 0 spiro atoms. The van der Waals surface area contributed by atoms with Gasteiger partial charge in [0, 0.05) is 17.0 Å². The van der Waals surface area contributed by atoms with Gasteiger partial charge in [-0.2, -0.15) is 0 Å². The molecule has 0 amide bonds. The molecule has 0 bridgehead atoms. The van der Waals surface area contributed by atoms with Gasteiger partial charge < -0.3 is 19.3 Å². The molecule has 0 aliphatic carbocycles. The number of aromatic nitrogens is 2. The Bertz CT molecular complexity index is 930. The number of fused-ring (bicyclic) bond motifs is 1. The zero-order valence-electron chi connectivity index (χ0n) is 18.1. The van der Waals surface area contributed by atoms with E-state index >= 15 is 0 Å². The summed E-state index contributed by atoms with van der Waals surface area (Å²) in [7, 11) is 3.19. The smallest absolute Gasteiger partial charge is 0.176 e. The lowest BCUT2D eigenvalue weighted by atomic mass is 9.83. The van der Waals surface area contributed by atoms with Gasteiger partial charge in [0.25, 0.3) is 0 Å². The highest BCUT2D eigenvalue weighted by Gasteiger charge is 2.53. The Hall–Kier alpha value is -1.59. The molecule has 1 saturated heterocycles. The molecule has 1 aromatic rings. The first-order valence-corrected chi connectivity index (χ1v) is 10.4. The maximum atomic E-state index is 11.1. The molecule has 1 unspecified atom stereocenters. The van der Waals surface area contributed by atoms with Gasteiger partial charge in [0.15, 0.2) is 23.2 Å². The molecule has 0 aromatic carbocycles. The zero-order valence-corrected chi connectivity index (χ0v) is 19.5. The third kappa shape index (κ3) is 4.17. The summed E-state index contributed by atoms with van der Waals surface area (Å²) in [6.07, 6.45) is -1.66. The second-order valence-corrected chi connectivity index (χ2v) is 10.1. The number of imidazole rings is 1. The van der Waals surface area contributed by atoms with Gasteiger partial charge in [0.2, 0.25) is 0 Å². The summed E-state index contributed by atoms with van der Waals surface area (Å²) in [5.41, 5.74) is 0.0353. The summed E-state index contributed by atoms with van der Waals surface area (Å²) < 4.78 is 20.4. The van der Waals surface area contributed by atoms with Crippen molar-refractivity contribution in [3.8, 4) is 0 Å². The predicted molar refractivity (Wildman–Crippen MR) is 111 cm³/mol. The van der Waals surface area contributed by atoms with Crippen molar-refractivity contribution in [2.24, 2.45) is 15.4 Å². The van der Waals surface area contributed by atoms with Crippen LogP contribution in [0.1, 0.15) is 53.5 Å². The fourth-order valence-corrected chi connectivity index (χ4v) is 4.12. The van der Waals surface area contributed by atoms with Crippen LogP contribution in [0.25, 0.3) is 0 Å². The van der Waals surface area contributed by atoms with Crippen molar-refractivity contribution in [3.05, 3.63) is 16.3 Å². The second-order valence-electron chi connectivity index (χ2n) is 9.49. The summed E-state index contributed by atoms with van der Waals surface area (Å²) in [4.78, 5) is 12.7. The maximum Gasteiger partial charge on any atom is 0.176 e. The van der Waals surface area contributed by atoms with E-state index in [0.29, 0.717) is 16.3 Å². The van der Waals surface area contributed by atoms with Gasteiger partial charge in [0.1, 0.15) is 24.7 Å². The van der Waals surface area contributed by atoms with Gasteiger partial charge in [-0.3, -0.25) is 9.98 Å². The molecule has 1 fully saturated rings.